The molecule has 1 heterocycles. The van der Waals surface area contributed by atoms with Gasteiger partial charge in [0.25, 0.3) is 0 Å². The predicted molar refractivity (Wildman–Crippen MR) is 72.2 cm³/mol. The Morgan fingerprint density at radius 1 is 1.21 bits per heavy atom. The smallest absolute Gasteiger partial charge is 0.233 e. The van der Waals surface area contributed by atoms with Crippen LogP contribution in [-0.2, 0) is 9.59 Å². The number of carbonyl (C=O) groups is 2. The second kappa shape index (κ2) is 6.04. The van der Waals surface area contributed by atoms with Gasteiger partial charge < -0.3 is 5.11 Å². The number of aliphatic hydroxyl groups excluding tert-OH is 1. The van der Waals surface area contributed by atoms with E-state index in [1.54, 1.807) is 0 Å². The second-order valence-electron chi connectivity index (χ2n) is 5.99. The molecular weight excluding hydrogens is 242 g/mol. The normalized spacial score (nSPS) is 31.9. The first-order chi connectivity index (χ1) is 9.08. The average Bonchev–Trinajstić information content (AvgIpc) is 2.93. The SMILES string of the molecule is CCC(O)CCCN1C(=O)C2CC(CC)CC2C1=O. The highest BCUT2D eigenvalue weighted by Gasteiger charge is 2.51. The minimum absolute atomic E-state index is 0.0388. The molecule has 2 aliphatic rings. The number of fused-ring (bicyclic) bond motifs is 1. The minimum Gasteiger partial charge on any atom is -0.393 e. The lowest BCUT2D eigenvalue weighted by Gasteiger charge is -2.18. The first kappa shape index (κ1) is 14.5. The predicted octanol–water partition coefficient (Wildman–Crippen LogP) is 1.96. The number of rotatable bonds is 6. The maximum atomic E-state index is 12.2. The fourth-order valence-corrected chi connectivity index (χ4v) is 3.44. The van der Waals surface area contributed by atoms with Gasteiger partial charge >= 0.3 is 0 Å². The van der Waals surface area contributed by atoms with Crippen LogP contribution < -0.4 is 0 Å². The highest BCUT2D eigenvalue weighted by molar-refractivity contribution is 6.05. The number of imide groups is 1. The molecule has 1 aliphatic carbocycles. The van der Waals surface area contributed by atoms with Gasteiger partial charge in [0.2, 0.25) is 11.8 Å². The van der Waals surface area contributed by atoms with Crippen LogP contribution in [0.15, 0.2) is 0 Å². The number of likely N-dealkylation sites (tertiary alicyclic amines) is 1. The van der Waals surface area contributed by atoms with Gasteiger partial charge in [-0.1, -0.05) is 20.3 Å². The summed E-state index contributed by atoms with van der Waals surface area (Å²) in [5.41, 5.74) is 0. The zero-order valence-electron chi connectivity index (χ0n) is 12.0. The van der Waals surface area contributed by atoms with Crippen LogP contribution in [0.4, 0.5) is 0 Å². The molecule has 1 saturated heterocycles. The van der Waals surface area contributed by atoms with E-state index in [-0.39, 0.29) is 29.8 Å². The van der Waals surface area contributed by atoms with E-state index < -0.39 is 0 Å². The highest BCUT2D eigenvalue weighted by Crippen LogP contribution is 2.44. The summed E-state index contributed by atoms with van der Waals surface area (Å²) in [5, 5.41) is 9.50. The standard InChI is InChI=1S/C15H25NO3/c1-3-10-8-12-13(9-10)15(19)16(14(12)18)7-5-6-11(17)4-2/h10-13,17H,3-9H2,1-2H3. The topological polar surface area (TPSA) is 57.6 Å². The molecule has 3 unspecified atom stereocenters. The lowest BCUT2D eigenvalue weighted by molar-refractivity contribution is -0.140. The molecule has 0 spiro atoms. The molecule has 1 N–H and O–H groups in total. The van der Waals surface area contributed by atoms with Crippen LogP contribution in [0.3, 0.4) is 0 Å². The van der Waals surface area contributed by atoms with Gasteiger partial charge in [-0.25, -0.2) is 0 Å². The summed E-state index contributed by atoms with van der Waals surface area (Å²) in [7, 11) is 0. The molecule has 0 radical (unpaired) electrons. The van der Waals surface area contributed by atoms with E-state index >= 15 is 0 Å². The maximum Gasteiger partial charge on any atom is 0.233 e. The van der Waals surface area contributed by atoms with Gasteiger partial charge in [-0.15, -0.1) is 0 Å². The van der Waals surface area contributed by atoms with Crippen molar-refractivity contribution in [2.45, 2.75) is 58.5 Å². The van der Waals surface area contributed by atoms with Crippen molar-refractivity contribution in [3.63, 3.8) is 0 Å². The number of amides is 2. The summed E-state index contributed by atoms with van der Waals surface area (Å²) in [4.78, 5) is 25.9. The molecule has 0 bridgehead atoms. The lowest BCUT2D eigenvalue weighted by Crippen LogP contribution is -2.33. The Balaban J connectivity index is 1.88. The Bertz CT molecular complexity index is 331. The van der Waals surface area contributed by atoms with E-state index in [1.165, 1.54) is 4.90 Å². The van der Waals surface area contributed by atoms with Crippen LogP contribution in [0.5, 0.6) is 0 Å². The summed E-state index contributed by atoms with van der Waals surface area (Å²) >= 11 is 0. The van der Waals surface area contributed by atoms with Crippen LogP contribution in [0.2, 0.25) is 0 Å². The lowest BCUT2D eigenvalue weighted by atomic mass is 10.00. The number of aliphatic hydroxyl groups is 1. The largest absolute Gasteiger partial charge is 0.393 e. The van der Waals surface area contributed by atoms with Crippen molar-refractivity contribution in [2.75, 3.05) is 6.54 Å². The van der Waals surface area contributed by atoms with Gasteiger partial charge in [-0.3, -0.25) is 14.5 Å². The highest BCUT2D eigenvalue weighted by atomic mass is 16.3. The molecular formula is C15H25NO3. The van der Waals surface area contributed by atoms with Crippen molar-refractivity contribution in [1.82, 2.24) is 4.90 Å². The Kier molecular flexibility index (Phi) is 4.61. The van der Waals surface area contributed by atoms with Crippen LogP contribution in [0.25, 0.3) is 0 Å². The Morgan fingerprint density at radius 3 is 2.26 bits per heavy atom. The minimum atomic E-state index is -0.309. The molecule has 4 heteroatoms. The molecule has 3 atom stereocenters. The zero-order valence-corrected chi connectivity index (χ0v) is 12.0. The number of carbonyl (C=O) groups excluding carboxylic acids is 2. The summed E-state index contributed by atoms with van der Waals surface area (Å²) in [6.07, 6.45) is 4.64. The van der Waals surface area contributed by atoms with Crippen LogP contribution in [0.1, 0.15) is 52.4 Å². The summed E-state index contributed by atoms with van der Waals surface area (Å²) < 4.78 is 0. The quantitative estimate of drug-likeness (QED) is 0.748. The molecule has 4 nitrogen and oxygen atoms in total. The molecule has 19 heavy (non-hydrogen) atoms. The Morgan fingerprint density at radius 2 is 1.79 bits per heavy atom. The molecule has 1 saturated carbocycles. The third kappa shape index (κ3) is 2.83. The van der Waals surface area contributed by atoms with Gasteiger partial charge in [0.05, 0.1) is 17.9 Å². The fourth-order valence-electron chi connectivity index (χ4n) is 3.44. The van der Waals surface area contributed by atoms with Crippen molar-refractivity contribution < 1.29 is 14.7 Å². The van der Waals surface area contributed by atoms with E-state index in [9.17, 15) is 14.7 Å². The molecule has 2 fully saturated rings. The summed E-state index contributed by atoms with van der Waals surface area (Å²) in [6.45, 7) is 4.55. The van der Waals surface area contributed by atoms with Crippen LogP contribution >= 0.6 is 0 Å². The average molecular weight is 267 g/mol. The molecule has 1 aliphatic heterocycles. The van der Waals surface area contributed by atoms with E-state index in [2.05, 4.69) is 6.92 Å². The van der Waals surface area contributed by atoms with Crippen LogP contribution in [-0.4, -0.2) is 34.5 Å². The fraction of sp³-hybridized carbons (Fsp3) is 0.867. The Labute approximate surface area is 115 Å². The van der Waals surface area contributed by atoms with Crippen molar-refractivity contribution >= 4 is 11.8 Å². The number of nitrogens with zero attached hydrogens (tertiary/aromatic N) is 1. The van der Waals surface area contributed by atoms with Gasteiger partial charge in [-0.05, 0) is 38.0 Å². The van der Waals surface area contributed by atoms with Crippen molar-refractivity contribution in [3.8, 4) is 0 Å². The molecule has 0 aromatic heterocycles. The van der Waals surface area contributed by atoms with Gasteiger partial charge in [-0.2, -0.15) is 0 Å². The number of hydrogen-bond donors (Lipinski definition) is 1. The monoisotopic (exact) mass is 267 g/mol. The van der Waals surface area contributed by atoms with Crippen molar-refractivity contribution in [1.29, 1.82) is 0 Å². The zero-order chi connectivity index (χ0) is 14.0. The van der Waals surface area contributed by atoms with Gasteiger partial charge in [0, 0.05) is 6.54 Å². The van der Waals surface area contributed by atoms with Crippen molar-refractivity contribution in [2.24, 2.45) is 17.8 Å². The second-order valence-corrected chi connectivity index (χ2v) is 5.99. The molecule has 0 aromatic rings. The third-order valence-electron chi connectivity index (χ3n) is 4.79. The maximum absolute atomic E-state index is 12.2. The molecule has 0 aromatic carbocycles. The summed E-state index contributed by atoms with van der Waals surface area (Å²) in [6, 6.07) is 0. The third-order valence-corrected chi connectivity index (χ3v) is 4.79. The van der Waals surface area contributed by atoms with Crippen molar-refractivity contribution in [3.05, 3.63) is 0 Å². The number of hydrogen-bond acceptors (Lipinski definition) is 3. The molecule has 108 valence electrons. The van der Waals surface area contributed by atoms with Gasteiger partial charge in [0.15, 0.2) is 0 Å². The van der Waals surface area contributed by atoms with E-state index in [0.717, 1.165) is 25.7 Å². The van der Waals surface area contributed by atoms with Crippen LogP contribution in [0, 0.1) is 17.8 Å². The molecule has 2 amide bonds. The first-order valence-electron chi connectivity index (χ1n) is 7.61. The van der Waals surface area contributed by atoms with E-state index in [0.29, 0.717) is 25.3 Å². The summed E-state index contributed by atoms with van der Waals surface area (Å²) in [5.74, 6) is 0.530. The Hall–Kier alpha value is -0.900. The molecule has 2 rings (SSSR count). The first-order valence-corrected chi connectivity index (χ1v) is 7.61. The van der Waals surface area contributed by atoms with Gasteiger partial charge in [0.1, 0.15) is 0 Å². The van der Waals surface area contributed by atoms with E-state index in [1.807, 2.05) is 6.92 Å². The van der Waals surface area contributed by atoms with E-state index in [4.69, 9.17) is 0 Å².